The average Bonchev–Trinajstić information content (AvgIpc) is 2.87. The Labute approximate surface area is 204 Å². The van der Waals surface area contributed by atoms with Crippen LogP contribution in [0.2, 0.25) is 0 Å². The molecular formula is C29H26N2O4. The first-order valence-electron chi connectivity index (χ1n) is 11.4. The number of ether oxygens (including phenoxy) is 3. The van der Waals surface area contributed by atoms with Gasteiger partial charge in [-0.3, -0.25) is 4.79 Å². The van der Waals surface area contributed by atoms with Gasteiger partial charge in [0.2, 0.25) is 12.0 Å². The zero-order chi connectivity index (χ0) is 24.8. The van der Waals surface area contributed by atoms with Gasteiger partial charge in [0, 0.05) is 6.07 Å². The largest absolute Gasteiger partial charge is 0.497 e. The van der Waals surface area contributed by atoms with Gasteiger partial charge in [-0.05, 0) is 52.6 Å². The predicted molar refractivity (Wildman–Crippen MR) is 133 cm³/mol. The number of nitrogens with zero attached hydrogens (tertiary/aromatic N) is 2. The Morgan fingerprint density at radius 2 is 1.60 bits per heavy atom. The molecule has 2 unspecified atom stereocenters. The fourth-order valence-corrected chi connectivity index (χ4v) is 3.93. The zero-order valence-corrected chi connectivity index (χ0v) is 19.8. The Morgan fingerprint density at radius 3 is 2.29 bits per heavy atom. The van der Waals surface area contributed by atoms with E-state index in [9.17, 15) is 10.1 Å². The second-order valence-corrected chi connectivity index (χ2v) is 8.45. The number of nitriles is 1. The van der Waals surface area contributed by atoms with E-state index in [-0.39, 0.29) is 5.92 Å². The van der Waals surface area contributed by atoms with Gasteiger partial charge in [0.15, 0.2) is 0 Å². The molecule has 4 aromatic rings. The van der Waals surface area contributed by atoms with Crippen LogP contribution >= 0.6 is 0 Å². The van der Waals surface area contributed by atoms with Crippen LogP contribution in [0.3, 0.4) is 0 Å². The summed E-state index contributed by atoms with van der Waals surface area (Å²) in [5.74, 6) is 0.553. The number of carbonyl (C=O) groups excluding carboxylic acids is 1. The Morgan fingerprint density at radius 1 is 0.886 bits per heavy atom. The van der Waals surface area contributed by atoms with Gasteiger partial charge < -0.3 is 14.2 Å². The molecule has 176 valence electrons. The van der Waals surface area contributed by atoms with Crippen molar-refractivity contribution in [3.8, 4) is 23.4 Å². The maximum Gasteiger partial charge on any atom is 0.315 e. The van der Waals surface area contributed by atoms with E-state index in [0.717, 1.165) is 16.3 Å². The van der Waals surface area contributed by atoms with Crippen LogP contribution in [0.25, 0.3) is 10.8 Å². The van der Waals surface area contributed by atoms with E-state index < -0.39 is 18.0 Å². The number of fused-ring (bicyclic) bond motifs is 1. The average molecular weight is 467 g/mol. The van der Waals surface area contributed by atoms with Crippen LogP contribution in [0.15, 0.2) is 84.9 Å². The highest BCUT2D eigenvalue weighted by Gasteiger charge is 2.29. The molecule has 6 nitrogen and oxygen atoms in total. The minimum absolute atomic E-state index is 0.0271. The van der Waals surface area contributed by atoms with Gasteiger partial charge in [0.1, 0.15) is 17.6 Å². The lowest BCUT2D eigenvalue weighted by atomic mass is 9.87. The highest BCUT2D eigenvalue weighted by molar-refractivity contribution is 5.86. The number of carbonyl (C=O) groups is 1. The minimum Gasteiger partial charge on any atom is -0.497 e. The van der Waals surface area contributed by atoms with E-state index in [4.69, 9.17) is 14.2 Å². The maximum atomic E-state index is 13.3. The summed E-state index contributed by atoms with van der Waals surface area (Å²) in [5, 5.41) is 11.9. The zero-order valence-electron chi connectivity index (χ0n) is 19.8. The number of rotatable bonds is 8. The summed E-state index contributed by atoms with van der Waals surface area (Å²) in [4.78, 5) is 17.7. The van der Waals surface area contributed by atoms with Crippen LogP contribution in [0.5, 0.6) is 17.4 Å². The molecule has 4 rings (SSSR count). The highest BCUT2D eigenvalue weighted by atomic mass is 16.5. The number of pyridine rings is 1. The van der Waals surface area contributed by atoms with Gasteiger partial charge in [0.25, 0.3) is 0 Å². The van der Waals surface area contributed by atoms with Crippen molar-refractivity contribution in [1.29, 1.82) is 5.26 Å². The van der Waals surface area contributed by atoms with E-state index >= 15 is 0 Å². The van der Waals surface area contributed by atoms with Crippen LogP contribution < -0.4 is 9.47 Å². The van der Waals surface area contributed by atoms with Crippen molar-refractivity contribution < 1.29 is 19.0 Å². The SMILES string of the molecule is COc1ccc(Oc2cccc(C(C#N)OC(=O)C(c3ccc4ccccc4c3)C(C)C)n2)cc1. The molecule has 0 bridgehead atoms. The number of benzene rings is 3. The summed E-state index contributed by atoms with van der Waals surface area (Å²) >= 11 is 0. The first-order chi connectivity index (χ1) is 17.0. The van der Waals surface area contributed by atoms with Crippen molar-refractivity contribution in [2.45, 2.75) is 25.9 Å². The van der Waals surface area contributed by atoms with E-state index in [1.165, 1.54) is 0 Å². The van der Waals surface area contributed by atoms with Crippen molar-refractivity contribution in [3.05, 3.63) is 96.2 Å². The van der Waals surface area contributed by atoms with Crippen LogP contribution in [0.4, 0.5) is 0 Å². The predicted octanol–water partition coefficient (Wildman–Crippen LogP) is 6.58. The summed E-state index contributed by atoms with van der Waals surface area (Å²) in [7, 11) is 1.59. The topological polar surface area (TPSA) is 81.4 Å². The molecule has 0 fully saturated rings. The van der Waals surface area contributed by atoms with E-state index in [1.54, 1.807) is 49.6 Å². The van der Waals surface area contributed by atoms with Crippen molar-refractivity contribution in [3.63, 3.8) is 0 Å². The van der Waals surface area contributed by atoms with Gasteiger partial charge in [-0.1, -0.05) is 62.4 Å². The molecule has 1 heterocycles. The van der Waals surface area contributed by atoms with Crippen molar-refractivity contribution in [2.24, 2.45) is 5.92 Å². The summed E-state index contributed by atoms with van der Waals surface area (Å²) in [6, 6.07) is 28.1. The molecule has 6 heteroatoms. The fourth-order valence-electron chi connectivity index (χ4n) is 3.93. The lowest BCUT2D eigenvalue weighted by Gasteiger charge is -2.22. The summed E-state index contributed by atoms with van der Waals surface area (Å²) in [6.45, 7) is 3.92. The van der Waals surface area contributed by atoms with Crippen molar-refractivity contribution in [2.75, 3.05) is 7.11 Å². The Bertz CT molecular complexity index is 1360. The minimum atomic E-state index is -1.16. The molecule has 0 saturated heterocycles. The van der Waals surface area contributed by atoms with Gasteiger partial charge in [-0.25, -0.2) is 4.98 Å². The number of methoxy groups -OCH3 is 1. The quantitative estimate of drug-likeness (QED) is 0.273. The summed E-state index contributed by atoms with van der Waals surface area (Å²) < 4.78 is 16.6. The molecule has 1 aromatic heterocycles. The number of esters is 1. The van der Waals surface area contributed by atoms with Gasteiger partial charge >= 0.3 is 5.97 Å². The highest BCUT2D eigenvalue weighted by Crippen LogP contribution is 2.31. The summed E-state index contributed by atoms with van der Waals surface area (Å²) in [6.07, 6.45) is -1.16. The second kappa shape index (κ2) is 10.7. The van der Waals surface area contributed by atoms with Gasteiger partial charge in [-0.15, -0.1) is 0 Å². The molecule has 3 aromatic carbocycles. The van der Waals surface area contributed by atoms with Gasteiger partial charge in [-0.2, -0.15) is 5.26 Å². The van der Waals surface area contributed by atoms with Crippen LogP contribution in [0.1, 0.15) is 37.1 Å². The van der Waals surface area contributed by atoms with E-state index in [0.29, 0.717) is 23.1 Å². The first kappa shape index (κ1) is 23.8. The monoisotopic (exact) mass is 466 g/mol. The molecule has 35 heavy (non-hydrogen) atoms. The molecule has 0 aliphatic heterocycles. The fraction of sp³-hybridized carbons (Fsp3) is 0.207. The third-order valence-corrected chi connectivity index (χ3v) is 5.70. The lowest BCUT2D eigenvalue weighted by molar-refractivity contribution is -0.150. The molecule has 0 aliphatic carbocycles. The normalized spacial score (nSPS) is 12.5. The van der Waals surface area contributed by atoms with Crippen LogP contribution in [0, 0.1) is 17.2 Å². The third kappa shape index (κ3) is 5.59. The first-order valence-corrected chi connectivity index (χ1v) is 11.4. The molecule has 0 saturated carbocycles. The van der Waals surface area contributed by atoms with Crippen molar-refractivity contribution in [1.82, 2.24) is 4.98 Å². The molecule has 0 aliphatic rings. The molecule has 2 atom stereocenters. The Kier molecular flexibility index (Phi) is 7.27. The molecule has 0 radical (unpaired) electrons. The number of hydrogen-bond donors (Lipinski definition) is 0. The van der Waals surface area contributed by atoms with Gasteiger partial charge in [0.05, 0.1) is 18.7 Å². The molecule has 0 N–H and O–H groups in total. The third-order valence-electron chi connectivity index (χ3n) is 5.70. The summed E-state index contributed by atoms with van der Waals surface area (Å²) in [5.41, 5.74) is 1.15. The standard InChI is InChI=1S/C29H26N2O4/c1-19(2)28(22-12-11-20-7-4-5-8-21(20)17-22)29(32)35-26(18-30)25-9-6-10-27(31-25)34-24-15-13-23(33-3)14-16-24/h4-17,19,26,28H,1-3H3. The number of hydrogen-bond acceptors (Lipinski definition) is 6. The number of aromatic nitrogens is 1. The van der Waals surface area contributed by atoms with Crippen molar-refractivity contribution >= 4 is 16.7 Å². The van der Waals surface area contributed by atoms with Crippen LogP contribution in [-0.4, -0.2) is 18.1 Å². The molecule has 0 spiro atoms. The van der Waals surface area contributed by atoms with E-state index in [1.807, 2.05) is 56.3 Å². The Hall–Kier alpha value is -4.37. The molecule has 0 amide bonds. The molecular weight excluding hydrogens is 440 g/mol. The maximum absolute atomic E-state index is 13.3. The smallest absolute Gasteiger partial charge is 0.315 e. The second-order valence-electron chi connectivity index (χ2n) is 8.45. The van der Waals surface area contributed by atoms with E-state index in [2.05, 4.69) is 11.1 Å². The lowest BCUT2D eigenvalue weighted by Crippen LogP contribution is -2.23. The van der Waals surface area contributed by atoms with Crippen LogP contribution in [-0.2, 0) is 9.53 Å². The Balaban J connectivity index is 1.53.